The van der Waals surface area contributed by atoms with Gasteiger partial charge in [-0.05, 0) is 31.1 Å². The second kappa shape index (κ2) is 5.24. The molecule has 0 aliphatic heterocycles. The van der Waals surface area contributed by atoms with Gasteiger partial charge in [0.2, 0.25) is 0 Å². The van der Waals surface area contributed by atoms with Gasteiger partial charge in [-0.15, -0.1) is 0 Å². The highest BCUT2D eigenvalue weighted by atomic mass is 35.5. The molecule has 88 valence electrons. The van der Waals surface area contributed by atoms with Gasteiger partial charge < -0.3 is 5.32 Å². The minimum atomic E-state index is 0.774. The van der Waals surface area contributed by atoms with Gasteiger partial charge in [0.25, 0.3) is 0 Å². The molecule has 0 fully saturated rings. The van der Waals surface area contributed by atoms with Crippen molar-refractivity contribution in [3.05, 3.63) is 58.2 Å². The summed E-state index contributed by atoms with van der Waals surface area (Å²) in [6, 6.07) is 5.89. The van der Waals surface area contributed by atoms with Gasteiger partial charge in [-0.2, -0.15) is 0 Å². The van der Waals surface area contributed by atoms with Crippen LogP contribution in [-0.2, 0) is 0 Å². The predicted molar refractivity (Wildman–Crippen MR) is 76.5 cm³/mol. The van der Waals surface area contributed by atoms with E-state index in [0.29, 0.717) is 0 Å². The summed E-state index contributed by atoms with van der Waals surface area (Å²) in [5.74, 6) is 0. The normalized spacial score (nSPS) is 15.0. The Morgan fingerprint density at radius 3 is 2.76 bits per heavy atom. The molecule has 17 heavy (non-hydrogen) atoms. The molecule has 0 bridgehead atoms. The summed E-state index contributed by atoms with van der Waals surface area (Å²) in [4.78, 5) is 0. The number of hydrogen-bond donors (Lipinski definition) is 1. The van der Waals surface area contributed by atoms with Crippen LogP contribution in [0.2, 0.25) is 5.02 Å². The Labute approximate surface area is 107 Å². The standard InChI is InChI=1S/C15H16ClN/c1-11-6-7-12(10-11)8-9-13-14(16)4-3-5-15(13)17-2/h3-6,8-10,17H,7H2,1-2H3/b9-8+. The average Bonchev–Trinajstić information content (AvgIpc) is 2.73. The molecule has 0 unspecified atom stereocenters. The Morgan fingerprint density at radius 1 is 1.29 bits per heavy atom. The van der Waals surface area contributed by atoms with Crippen LogP contribution >= 0.6 is 11.6 Å². The fraction of sp³-hybridized carbons (Fsp3) is 0.200. The van der Waals surface area contributed by atoms with Gasteiger partial charge in [0.15, 0.2) is 0 Å². The summed E-state index contributed by atoms with van der Waals surface area (Å²) in [5.41, 5.74) is 4.75. The van der Waals surface area contributed by atoms with Gasteiger partial charge in [-0.25, -0.2) is 0 Å². The molecule has 1 aliphatic rings. The summed E-state index contributed by atoms with van der Waals surface area (Å²) in [5, 5.41) is 3.93. The van der Waals surface area contributed by atoms with Crippen molar-refractivity contribution in [2.24, 2.45) is 0 Å². The van der Waals surface area contributed by atoms with Crippen molar-refractivity contribution >= 4 is 23.4 Å². The van der Waals surface area contributed by atoms with Crippen molar-refractivity contribution < 1.29 is 0 Å². The van der Waals surface area contributed by atoms with E-state index >= 15 is 0 Å². The van der Waals surface area contributed by atoms with Crippen molar-refractivity contribution in [2.75, 3.05) is 12.4 Å². The maximum absolute atomic E-state index is 6.20. The zero-order valence-electron chi connectivity index (χ0n) is 10.1. The van der Waals surface area contributed by atoms with Crippen LogP contribution in [0.15, 0.2) is 47.6 Å². The Kier molecular flexibility index (Phi) is 3.70. The zero-order chi connectivity index (χ0) is 12.3. The van der Waals surface area contributed by atoms with E-state index in [2.05, 4.69) is 36.5 Å². The second-order valence-corrected chi connectivity index (χ2v) is 4.56. The van der Waals surface area contributed by atoms with Crippen LogP contribution < -0.4 is 5.32 Å². The molecule has 0 saturated carbocycles. The molecular weight excluding hydrogens is 230 g/mol. The molecule has 0 aromatic heterocycles. The van der Waals surface area contributed by atoms with Gasteiger partial charge in [-0.3, -0.25) is 0 Å². The number of rotatable bonds is 3. The molecular formula is C15H16ClN. The van der Waals surface area contributed by atoms with E-state index in [0.717, 1.165) is 22.7 Å². The van der Waals surface area contributed by atoms with Crippen molar-refractivity contribution in [3.63, 3.8) is 0 Å². The lowest BCUT2D eigenvalue weighted by Crippen LogP contribution is -1.91. The number of hydrogen-bond acceptors (Lipinski definition) is 1. The molecule has 2 heteroatoms. The SMILES string of the molecule is CNc1cccc(Cl)c1/C=C/C1=CC(C)=CC1. The van der Waals surface area contributed by atoms with Gasteiger partial charge >= 0.3 is 0 Å². The van der Waals surface area contributed by atoms with E-state index in [4.69, 9.17) is 11.6 Å². The Hall–Kier alpha value is -1.47. The largest absolute Gasteiger partial charge is 0.388 e. The molecule has 0 amide bonds. The number of anilines is 1. The van der Waals surface area contributed by atoms with Gasteiger partial charge in [-0.1, -0.05) is 47.5 Å². The highest BCUT2D eigenvalue weighted by molar-refractivity contribution is 6.32. The number of benzene rings is 1. The molecule has 0 atom stereocenters. The van der Waals surface area contributed by atoms with E-state index in [1.807, 2.05) is 25.2 Å². The van der Waals surface area contributed by atoms with Crippen molar-refractivity contribution in [3.8, 4) is 0 Å². The first-order valence-electron chi connectivity index (χ1n) is 5.72. The molecule has 1 aromatic carbocycles. The third kappa shape index (κ3) is 2.80. The monoisotopic (exact) mass is 245 g/mol. The number of halogens is 1. The van der Waals surface area contributed by atoms with Crippen LogP contribution in [0.1, 0.15) is 18.9 Å². The lowest BCUT2D eigenvalue weighted by molar-refractivity contribution is 1.33. The highest BCUT2D eigenvalue weighted by Crippen LogP contribution is 2.27. The minimum absolute atomic E-state index is 0.774. The molecule has 0 saturated heterocycles. The van der Waals surface area contributed by atoms with Crippen LogP contribution in [0.25, 0.3) is 6.08 Å². The smallest absolute Gasteiger partial charge is 0.0499 e. The fourth-order valence-electron chi connectivity index (χ4n) is 1.92. The first-order chi connectivity index (χ1) is 8.20. The van der Waals surface area contributed by atoms with Crippen LogP contribution in [0, 0.1) is 0 Å². The van der Waals surface area contributed by atoms with Crippen molar-refractivity contribution in [1.29, 1.82) is 0 Å². The lowest BCUT2D eigenvalue weighted by Gasteiger charge is -2.06. The quantitative estimate of drug-likeness (QED) is 0.816. The van der Waals surface area contributed by atoms with E-state index in [1.165, 1.54) is 11.1 Å². The number of allylic oxidation sites excluding steroid dienone is 5. The predicted octanol–water partition coefficient (Wildman–Crippen LogP) is 4.67. The zero-order valence-corrected chi connectivity index (χ0v) is 10.9. The Balaban J connectivity index is 2.24. The van der Waals surface area contributed by atoms with Gasteiger partial charge in [0.05, 0.1) is 0 Å². The molecule has 0 heterocycles. The van der Waals surface area contributed by atoms with Crippen LogP contribution in [0.5, 0.6) is 0 Å². The minimum Gasteiger partial charge on any atom is -0.388 e. The van der Waals surface area contributed by atoms with E-state index < -0.39 is 0 Å². The first-order valence-corrected chi connectivity index (χ1v) is 6.10. The molecule has 1 nitrogen and oxygen atoms in total. The molecule has 1 N–H and O–H groups in total. The molecule has 1 aromatic rings. The van der Waals surface area contributed by atoms with Gasteiger partial charge in [0.1, 0.15) is 0 Å². The molecule has 0 spiro atoms. The van der Waals surface area contributed by atoms with E-state index in [9.17, 15) is 0 Å². The summed E-state index contributed by atoms with van der Waals surface area (Å²) in [7, 11) is 1.91. The molecule has 0 radical (unpaired) electrons. The van der Waals surface area contributed by atoms with Crippen LogP contribution in [-0.4, -0.2) is 7.05 Å². The summed E-state index contributed by atoms with van der Waals surface area (Å²) >= 11 is 6.20. The highest BCUT2D eigenvalue weighted by Gasteiger charge is 2.03. The molecule has 1 aliphatic carbocycles. The first kappa shape index (κ1) is 12.0. The lowest BCUT2D eigenvalue weighted by atomic mass is 10.1. The maximum Gasteiger partial charge on any atom is 0.0499 e. The van der Waals surface area contributed by atoms with Crippen molar-refractivity contribution in [2.45, 2.75) is 13.3 Å². The summed E-state index contributed by atoms with van der Waals surface area (Å²) in [6.45, 7) is 2.12. The third-order valence-electron chi connectivity index (χ3n) is 2.86. The second-order valence-electron chi connectivity index (χ2n) is 4.16. The Morgan fingerprint density at radius 2 is 2.12 bits per heavy atom. The average molecular weight is 246 g/mol. The number of nitrogens with one attached hydrogen (secondary N) is 1. The van der Waals surface area contributed by atoms with Crippen molar-refractivity contribution in [1.82, 2.24) is 0 Å². The Bertz CT molecular complexity index is 510. The summed E-state index contributed by atoms with van der Waals surface area (Å²) in [6.07, 6.45) is 9.65. The maximum atomic E-state index is 6.20. The van der Waals surface area contributed by atoms with Gasteiger partial charge in [0, 0.05) is 23.3 Å². The van der Waals surface area contributed by atoms with Crippen LogP contribution in [0.3, 0.4) is 0 Å². The summed E-state index contributed by atoms with van der Waals surface area (Å²) < 4.78 is 0. The van der Waals surface area contributed by atoms with E-state index in [1.54, 1.807) is 0 Å². The third-order valence-corrected chi connectivity index (χ3v) is 3.19. The fourth-order valence-corrected chi connectivity index (χ4v) is 2.16. The topological polar surface area (TPSA) is 12.0 Å². The molecule has 2 rings (SSSR count). The van der Waals surface area contributed by atoms with Crippen LogP contribution in [0.4, 0.5) is 5.69 Å². The van der Waals surface area contributed by atoms with E-state index in [-0.39, 0.29) is 0 Å².